The van der Waals surface area contributed by atoms with E-state index in [9.17, 15) is 14.7 Å². The van der Waals surface area contributed by atoms with Crippen LogP contribution in [0.3, 0.4) is 0 Å². The van der Waals surface area contributed by atoms with Crippen molar-refractivity contribution < 1.29 is 19.4 Å². The summed E-state index contributed by atoms with van der Waals surface area (Å²) in [4.78, 5) is 23.0. The molecule has 26 heavy (non-hydrogen) atoms. The average molecular weight is 359 g/mol. The normalized spacial score (nSPS) is 47.2. The number of hydrogen-bond donors (Lipinski definition) is 0. The number of carbonyl (C=O) groups excluding carboxylic acids is 2. The van der Waals surface area contributed by atoms with E-state index in [1.165, 1.54) is 12.5 Å². The minimum absolute atomic E-state index is 0.0335. The molecular weight excluding hydrogens is 328 g/mol. The molecule has 4 nitrogen and oxygen atoms in total. The minimum atomic E-state index is -0.839. The van der Waals surface area contributed by atoms with Crippen LogP contribution in [0.4, 0.5) is 0 Å². The van der Waals surface area contributed by atoms with Crippen molar-refractivity contribution in [3.8, 4) is 0 Å². The van der Waals surface area contributed by atoms with Crippen LogP contribution in [0.2, 0.25) is 0 Å². The number of carboxylic acids is 1. The highest BCUT2D eigenvalue weighted by molar-refractivity contribution is 5.69. The molecule has 0 aliphatic heterocycles. The SMILES string of the molecule is CC(=O)O[C@@H]1CC[C@]2(C)C(=CC[C@H]3[C@H]4CC[C@H](C(=O)[O-])[C@]4(C)CC[C@H]32)C1. The van der Waals surface area contributed by atoms with Crippen molar-refractivity contribution in [3.05, 3.63) is 11.6 Å². The van der Waals surface area contributed by atoms with Crippen molar-refractivity contribution in [1.29, 1.82) is 0 Å². The van der Waals surface area contributed by atoms with E-state index in [1.807, 2.05) is 0 Å². The van der Waals surface area contributed by atoms with Gasteiger partial charge in [-0.25, -0.2) is 0 Å². The summed E-state index contributed by atoms with van der Waals surface area (Å²) in [7, 11) is 0. The van der Waals surface area contributed by atoms with E-state index in [1.54, 1.807) is 0 Å². The number of rotatable bonds is 2. The predicted molar refractivity (Wildman–Crippen MR) is 95.8 cm³/mol. The summed E-state index contributed by atoms with van der Waals surface area (Å²) in [5.41, 5.74) is 1.59. The third-order valence-electron chi connectivity index (χ3n) is 8.68. The number of carboxylic acid groups (broad SMARTS) is 1. The largest absolute Gasteiger partial charge is 0.550 e. The Morgan fingerprint density at radius 1 is 1.12 bits per heavy atom. The molecule has 0 heterocycles. The number of ether oxygens (including phenoxy) is 1. The van der Waals surface area contributed by atoms with Gasteiger partial charge in [-0.05, 0) is 73.5 Å². The first-order valence-corrected chi connectivity index (χ1v) is 10.3. The van der Waals surface area contributed by atoms with Gasteiger partial charge < -0.3 is 14.6 Å². The maximum atomic E-state index is 11.7. The summed E-state index contributed by atoms with van der Waals surface area (Å²) in [6.45, 7) is 6.11. The van der Waals surface area contributed by atoms with E-state index in [0.29, 0.717) is 17.8 Å². The molecule has 3 saturated carbocycles. The number of carbonyl (C=O) groups is 2. The molecule has 4 heteroatoms. The second kappa shape index (κ2) is 6.10. The van der Waals surface area contributed by atoms with Crippen LogP contribution in [-0.4, -0.2) is 18.0 Å². The molecule has 0 N–H and O–H groups in total. The van der Waals surface area contributed by atoms with Gasteiger partial charge in [-0.2, -0.15) is 0 Å². The highest BCUT2D eigenvalue weighted by Crippen LogP contribution is 2.66. The Morgan fingerprint density at radius 3 is 2.58 bits per heavy atom. The van der Waals surface area contributed by atoms with Gasteiger partial charge in [0.15, 0.2) is 0 Å². The molecular formula is C22H31O4-. The zero-order valence-electron chi connectivity index (χ0n) is 16.3. The van der Waals surface area contributed by atoms with Gasteiger partial charge in [-0.1, -0.05) is 25.5 Å². The number of fused-ring (bicyclic) bond motifs is 5. The Kier molecular flexibility index (Phi) is 4.24. The number of esters is 1. The molecule has 4 aliphatic rings. The molecule has 0 aromatic heterocycles. The minimum Gasteiger partial charge on any atom is -0.550 e. The molecule has 0 unspecified atom stereocenters. The van der Waals surface area contributed by atoms with Crippen LogP contribution in [0.25, 0.3) is 0 Å². The van der Waals surface area contributed by atoms with Crippen molar-refractivity contribution in [2.75, 3.05) is 0 Å². The number of aliphatic carboxylic acids is 1. The lowest BCUT2D eigenvalue weighted by molar-refractivity contribution is -0.315. The first kappa shape index (κ1) is 18.1. The Labute approximate surface area is 156 Å². The molecule has 0 bridgehead atoms. The molecule has 0 radical (unpaired) electrons. The summed E-state index contributed by atoms with van der Waals surface area (Å²) in [6, 6.07) is 0. The van der Waals surface area contributed by atoms with Gasteiger partial charge in [-0.3, -0.25) is 4.79 Å². The quantitative estimate of drug-likeness (QED) is 0.561. The first-order chi connectivity index (χ1) is 12.3. The van der Waals surface area contributed by atoms with E-state index in [4.69, 9.17) is 4.74 Å². The second-order valence-corrected chi connectivity index (χ2v) is 9.73. The molecule has 4 rings (SSSR count). The molecule has 0 aromatic rings. The maximum Gasteiger partial charge on any atom is 0.302 e. The lowest BCUT2D eigenvalue weighted by Gasteiger charge is -2.58. The fraction of sp³-hybridized carbons (Fsp3) is 0.818. The van der Waals surface area contributed by atoms with E-state index in [-0.39, 0.29) is 28.8 Å². The van der Waals surface area contributed by atoms with Crippen molar-refractivity contribution in [3.63, 3.8) is 0 Å². The molecule has 0 amide bonds. The van der Waals surface area contributed by atoms with Crippen LogP contribution >= 0.6 is 0 Å². The van der Waals surface area contributed by atoms with E-state index >= 15 is 0 Å². The average Bonchev–Trinajstić information content (AvgIpc) is 2.92. The van der Waals surface area contributed by atoms with Crippen LogP contribution in [0.5, 0.6) is 0 Å². The van der Waals surface area contributed by atoms with Crippen molar-refractivity contribution in [2.45, 2.75) is 78.2 Å². The maximum absolute atomic E-state index is 11.7. The zero-order chi connectivity index (χ0) is 18.7. The standard InChI is InChI=1S/C22H32O4/c1-13(23)26-15-8-10-21(2)14(12-15)4-5-16-17-6-7-19(20(24)25)22(17,3)11-9-18(16)21/h4,15-19H,5-12H2,1-3H3,(H,24,25)/p-1/t15-,16+,17-,18-,19-,21-,22-/m1/s1. The summed E-state index contributed by atoms with van der Waals surface area (Å²) < 4.78 is 5.50. The van der Waals surface area contributed by atoms with Gasteiger partial charge in [0, 0.05) is 25.2 Å². The highest BCUT2D eigenvalue weighted by atomic mass is 16.5. The molecule has 144 valence electrons. The van der Waals surface area contributed by atoms with Crippen molar-refractivity contribution in [1.82, 2.24) is 0 Å². The van der Waals surface area contributed by atoms with Crippen LogP contribution in [0.15, 0.2) is 11.6 Å². The summed E-state index contributed by atoms with van der Waals surface area (Å²) >= 11 is 0. The predicted octanol–water partition coefficient (Wildman–Crippen LogP) is 3.25. The molecule has 0 spiro atoms. The monoisotopic (exact) mass is 359 g/mol. The summed E-state index contributed by atoms with van der Waals surface area (Å²) in [5, 5.41) is 11.7. The lowest BCUT2D eigenvalue weighted by atomic mass is 9.47. The van der Waals surface area contributed by atoms with Gasteiger partial charge in [0.05, 0.1) is 0 Å². The second-order valence-electron chi connectivity index (χ2n) is 9.73. The van der Waals surface area contributed by atoms with Gasteiger partial charge in [0.1, 0.15) is 6.10 Å². The third-order valence-corrected chi connectivity index (χ3v) is 8.68. The lowest BCUT2D eigenvalue weighted by Crippen LogP contribution is -2.52. The zero-order valence-corrected chi connectivity index (χ0v) is 16.3. The Bertz CT molecular complexity index is 653. The first-order valence-electron chi connectivity index (χ1n) is 10.3. The Morgan fingerprint density at radius 2 is 1.88 bits per heavy atom. The smallest absolute Gasteiger partial charge is 0.302 e. The molecule has 0 saturated heterocycles. The molecule has 7 atom stereocenters. The van der Waals surface area contributed by atoms with E-state index in [0.717, 1.165) is 51.4 Å². The van der Waals surface area contributed by atoms with E-state index < -0.39 is 5.97 Å². The van der Waals surface area contributed by atoms with Gasteiger partial charge in [-0.15, -0.1) is 0 Å². The van der Waals surface area contributed by atoms with Crippen LogP contribution in [0.1, 0.15) is 72.1 Å². The van der Waals surface area contributed by atoms with Crippen LogP contribution in [-0.2, 0) is 14.3 Å². The Balaban J connectivity index is 1.59. The van der Waals surface area contributed by atoms with Crippen LogP contribution in [0, 0.1) is 34.5 Å². The fourth-order valence-corrected chi connectivity index (χ4v) is 7.35. The number of hydrogen-bond acceptors (Lipinski definition) is 4. The van der Waals surface area contributed by atoms with Crippen molar-refractivity contribution in [2.24, 2.45) is 34.5 Å². The van der Waals surface area contributed by atoms with Gasteiger partial charge in [0.2, 0.25) is 0 Å². The van der Waals surface area contributed by atoms with Gasteiger partial charge in [0.25, 0.3) is 0 Å². The summed E-state index contributed by atoms with van der Waals surface area (Å²) in [5.74, 6) is 0.446. The summed E-state index contributed by atoms with van der Waals surface area (Å²) in [6.07, 6.45) is 10.3. The van der Waals surface area contributed by atoms with Crippen molar-refractivity contribution >= 4 is 11.9 Å². The fourth-order valence-electron chi connectivity index (χ4n) is 7.35. The van der Waals surface area contributed by atoms with E-state index in [2.05, 4.69) is 19.9 Å². The topological polar surface area (TPSA) is 66.4 Å². The number of allylic oxidation sites excluding steroid dienone is 1. The third kappa shape index (κ3) is 2.55. The molecule has 3 fully saturated rings. The van der Waals surface area contributed by atoms with Gasteiger partial charge >= 0.3 is 5.97 Å². The molecule has 0 aromatic carbocycles. The Hall–Kier alpha value is -1.32. The van der Waals surface area contributed by atoms with Crippen LogP contribution < -0.4 is 5.11 Å². The highest BCUT2D eigenvalue weighted by Gasteiger charge is 2.58. The molecule has 4 aliphatic carbocycles.